The van der Waals surface area contributed by atoms with Crippen molar-refractivity contribution in [1.82, 2.24) is 0 Å². The van der Waals surface area contributed by atoms with E-state index in [1.807, 2.05) is 0 Å². The first-order valence-electron chi connectivity index (χ1n) is 5.03. The van der Waals surface area contributed by atoms with Gasteiger partial charge in [-0.25, -0.2) is 8.42 Å². The van der Waals surface area contributed by atoms with Crippen LogP contribution in [0.2, 0.25) is 0 Å². The lowest BCUT2D eigenvalue weighted by Gasteiger charge is -2.05. The van der Waals surface area contributed by atoms with Crippen molar-refractivity contribution in [3.05, 3.63) is 24.3 Å². The van der Waals surface area contributed by atoms with E-state index in [0.717, 1.165) is 12.8 Å². The second kappa shape index (κ2) is 6.11. The summed E-state index contributed by atoms with van der Waals surface area (Å²) in [6.07, 6.45) is 3.00. The molecule has 0 aliphatic rings. The van der Waals surface area contributed by atoms with Gasteiger partial charge in [-0.1, -0.05) is 0 Å². The molecule has 0 atom stereocenters. The van der Waals surface area contributed by atoms with E-state index in [1.165, 1.54) is 6.26 Å². The van der Waals surface area contributed by atoms with Crippen LogP contribution >= 0.6 is 11.6 Å². The monoisotopic (exact) mass is 262 g/mol. The summed E-state index contributed by atoms with van der Waals surface area (Å²) in [5.74, 6) is 1.32. The zero-order chi connectivity index (χ0) is 12.0. The van der Waals surface area contributed by atoms with Crippen molar-refractivity contribution in [3.63, 3.8) is 0 Å². The minimum Gasteiger partial charge on any atom is -0.494 e. The predicted molar refractivity (Wildman–Crippen MR) is 65.0 cm³/mol. The van der Waals surface area contributed by atoms with Gasteiger partial charge in [-0.15, -0.1) is 11.6 Å². The van der Waals surface area contributed by atoms with Gasteiger partial charge in [-0.3, -0.25) is 0 Å². The molecule has 1 aromatic carbocycles. The van der Waals surface area contributed by atoms with Gasteiger partial charge in [0.25, 0.3) is 0 Å². The second-order valence-corrected chi connectivity index (χ2v) is 5.88. The normalized spacial score (nSPS) is 11.4. The highest BCUT2D eigenvalue weighted by Crippen LogP contribution is 2.16. The highest BCUT2D eigenvalue weighted by atomic mass is 35.5. The van der Waals surface area contributed by atoms with E-state index >= 15 is 0 Å². The summed E-state index contributed by atoms with van der Waals surface area (Å²) in [4.78, 5) is 0.306. The number of rotatable bonds is 6. The van der Waals surface area contributed by atoms with Crippen LogP contribution in [0, 0.1) is 0 Å². The van der Waals surface area contributed by atoms with E-state index in [-0.39, 0.29) is 0 Å². The highest BCUT2D eigenvalue weighted by Gasteiger charge is 2.05. The molecular formula is C11H15ClO3S. The second-order valence-electron chi connectivity index (χ2n) is 3.49. The fraction of sp³-hybridized carbons (Fsp3) is 0.455. The van der Waals surface area contributed by atoms with Gasteiger partial charge in [0.1, 0.15) is 5.75 Å². The molecule has 1 rings (SSSR count). The van der Waals surface area contributed by atoms with Crippen LogP contribution in [0.4, 0.5) is 0 Å². The van der Waals surface area contributed by atoms with Gasteiger partial charge in [0.15, 0.2) is 9.84 Å². The molecule has 1 aromatic rings. The third-order valence-corrected chi connectivity index (χ3v) is 3.44. The van der Waals surface area contributed by atoms with Crippen molar-refractivity contribution in [2.45, 2.75) is 17.7 Å². The minimum atomic E-state index is -3.12. The van der Waals surface area contributed by atoms with Crippen molar-refractivity contribution in [3.8, 4) is 5.75 Å². The number of alkyl halides is 1. The fourth-order valence-electron chi connectivity index (χ4n) is 1.17. The van der Waals surface area contributed by atoms with E-state index in [2.05, 4.69) is 0 Å². The van der Waals surface area contributed by atoms with Gasteiger partial charge >= 0.3 is 0 Å². The molecule has 0 spiro atoms. The van der Waals surface area contributed by atoms with Crippen LogP contribution in [0.15, 0.2) is 29.2 Å². The Kier molecular flexibility index (Phi) is 5.09. The maximum Gasteiger partial charge on any atom is 0.175 e. The first-order chi connectivity index (χ1) is 7.54. The largest absolute Gasteiger partial charge is 0.494 e. The Morgan fingerprint density at radius 2 is 1.81 bits per heavy atom. The molecular weight excluding hydrogens is 248 g/mol. The molecule has 0 bridgehead atoms. The average molecular weight is 263 g/mol. The third kappa shape index (κ3) is 4.41. The molecule has 0 unspecified atom stereocenters. The molecule has 0 amide bonds. The molecule has 3 nitrogen and oxygen atoms in total. The van der Waals surface area contributed by atoms with Crippen molar-refractivity contribution >= 4 is 21.4 Å². The van der Waals surface area contributed by atoms with E-state index in [1.54, 1.807) is 24.3 Å². The Morgan fingerprint density at radius 3 is 2.31 bits per heavy atom. The Balaban J connectivity index is 2.52. The maximum absolute atomic E-state index is 11.2. The van der Waals surface area contributed by atoms with Crippen molar-refractivity contribution < 1.29 is 13.2 Å². The number of hydrogen-bond donors (Lipinski definition) is 0. The molecule has 0 saturated carbocycles. The Bertz CT molecular complexity index is 411. The van der Waals surface area contributed by atoms with Crippen LogP contribution in [0.25, 0.3) is 0 Å². The van der Waals surface area contributed by atoms with Crippen LogP contribution in [-0.2, 0) is 9.84 Å². The van der Waals surface area contributed by atoms with Gasteiger partial charge in [-0.2, -0.15) is 0 Å². The van der Waals surface area contributed by atoms with Gasteiger partial charge in [0, 0.05) is 12.1 Å². The number of hydrogen-bond acceptors (Lipinski definition) is 3. The maximum atomic E-state index is 11.2. The van der Waals surface area contributed by atoms with Gasteiger partial charge < -0.3 is 4.74 Å². The highest BCUT2D eigenvalue weighted by molar-refractivity contribution is 7.90. The summed E-state index contributed by atoms with van der Waals surface area (Å²) in [5, 5.41) is 0. The van der Waals surface area contributed by atoms with Crippen LogP contribution in [0.1, 0.15) is 12.8 Å². The lowest BCUT2D eigenvalue weighted by Crippen LogP contribution is -1.99. The Hall–Kier alpha value is -0.740. The summed E-state index contributed by atoms with van der Waals surface area (Å²) in [6.45, 7) is 0.602. The number of sulfone groups is 1. The molecule has 0 aromatic heterocycles. The summed E-state index contributed by atoms with van der Waals surface area (Å²) in [7, 11) is -3.12. The number of unbranched alkanes of at least 4 members (excludes halogenated alkanes) is 1. The summed E-state index contributed by atoms with van der Waals surface area (Å²) >= 11 is 5.53. The topological polar surface area (TPSA) is 43.4 Å². The van der Waals surface area contributed by atoms with Gasteiger partial charge in [-0.05, 0) is 37.1 Å². The molecule has 0 radical (unpaired) electrons. The average Bonchev–Trinajstić information content (AvgIpc) is 2.24. The molecule has 90 valence electrons. The summed E-state index contributed by atoms with van der Waals surface area (Å²) < 4.78 is 27.8. The first-order valence-corrected chi connectivity index (χ1v) is 7.45. The standard InChI is InChI=1S/C11H15ClO3S/c1-16(13,14)11-6-4-10(5-7-11)15-9-3-2-8-12/h4-7H,2-3,8-9H2,1H3. The van der Waals surface area contributed by atoms with Crippen LogP contribution < -0.4 is 4.74 Å². The van der Waals surface area contributed by atoms with Crippen molar-refractivity contribution in [2.24, 2.45) is 0 Å². The molecule has 5 heteroatoms. The van der Waals surface area contributed by atoms with E-state index in [4.69, 9.17) is 16.3 Å². The molecule has 0 aliphatic heterocycles. The minimum absolute atomic E-state index is 0.306. The van der Waals surface area contributed by atoms with Gasteiger partial charge in [0.2, 0.25) is 0 Å². The third-order valence-electron chi connectivity index (χ3n) is 2.05. The predicted octanol–water partition coefficient (Wildman–Crippen LogP) is 2.49. The SMILES string of the molecule is CS(=O)(=O)c1ccc(OCCCCCl)cc1. The van der Waals surface area contributed by atoms with Crippen LogP contribution in [0.3, 0.4) is 0 Å². The number of benzene rings is 1. The molecule has 16 heavy (non-hydrogen) atoms. The molecule has 0 N–H and O–H groups in total. The smallest absolute Gasteiger partial charge is 0.175 e. The molecule has 0 fully saturated rings. The quantitative estimate of drug-likeness (QED) is 0.584. The molecule has 0 saturated heterocycles. The van der Waals surface area contributed by atoms with Crippen molar-refractivity contribution in [1.29, 1.82) is 0 Å². The van der Waals surface area contributed by atoms with Gasteiger partial charge in [0.05, 0.1) is 11.5 Å². The number of ether oxygens (including phenoxy) is 1. The molecule has 0 heterocycles. The number of halogens is 1. The lowest BCUT2D eigenvalue weighted by molar-refractivity contribution is 0.309. The zero-order valence-electron chi connectivity index (χ0n) is 9.15. The molecule has 0 aliphatic carbocycles. The first kappa shape index (κ1) is 13.3. The van der Waals surface area contributed by atoms with Crippen LogP contribution in [-0.4, -0.2) is 27.2 Å². The van der Waals surface area contributed by atoms with Crippen LogP contribution in [0.5, 0.6) is 5.75 Å². The van der Waals surface area contributed by atoms with Crippen molar-refractivity contribution in [2.75, 3.05) is 18.7 Å². The summed E-state index contributed by atoms with van der Waals surface area (Å²) in [5.41, 5.74) is 0. The van der Waals surface area contributed by atoms with E-state index < -0.39 is 9.84 Å². The fourth-order valence-corrected chi connectivity index (χ4v) is 1.99. The summed E-state index contributed by atoms with van der Waals surface area (Å²) in [6, 6.07) is 6.42. The zero-order valence-corrected chi connectivity index (χ0v) is 10.7. The lowest BCUT2D eigenvalue weighted by atomic mass is 10.3. The Labute approximate surface area is 101 Å². The Morgan fingerprint density at radius 1 is 1.19 bits per heavy atom. The van der Waals surface area contributed by atoms with E-state index in [9.17, 15) is 8.42 Å². The van der Waals surface area contributed by atoms with E-state index in [0.29, 0.717) is 23.1 Å².